The molecule has 2 saturated heterocycles. The molecule has 55 heavy (non-hydrogen) atoms. The summed E-state index contributed by atoms with van der Waals surface area (Å²) in [4.78, 5) is 26.1. The summed E-state index contributed by atoms with van der Waals surface area (Å²) in [6.45, 7) is 11.6. The molecule has 3 aliphatic rings. The molecule has 7 rings (SSSR count). The van der Waals surface area contributed by atoms with Crippen LogP contribution in [-0.4, -0.2) is 65.2 Å². The van der Waals surface area contributed by atoms with E-state index in [2.05, 4.69) is 13.8 Å². The standard InChI is InChI=1S/C43H44F2O10/c1-5-42(19-48-20-42)23-50-25-52-27-7-13-33(37(44)17-27)39(46)54-29-9-11-31-32-12-10-30(16-36(32)41(3,4)35(31)15-29)55-40(47)34-14-8-28(18-38(34)45)53-26-51-24-43(6-2)21-49-22-43/h7-18H,5-6,19-26H2,1-4H3. The Morgan fingerprint density at radius 3 is 1.35 bits per heavy atom. The number of hydrogen-bond acceptors (Lipinski definition) is 10. The van der Waals surface area contributed by atoms with E-state index in [9.17, 15) is 9.59 Å². The molecule has 2 fully saturated rings. The van der Waals surface area contributed by atoms with Crippen molar-refractivity contribution in [3.63, 3.8) is 0 Å². The van der Waals surface area contributed by atoms with E-state index in [-0.39, 0.29) is 58.5 Å². The first-order chi connectivity index (χ1) is 26.4. The fourth-order valence-corrected chi connectivity index (χ4v) is 6.95. The Bertz CT molecular complexity index is 1910. The highest BCUT2D eigenvalue weighted by Crippen LogP contribution is 2.50. The highest BCUT2D eigenvalue weighted by Gasteiger charge is 2.39. The van der Waals surface area contributed by atoms with Crippen molar-refractivity contribution in [3.8, 4) is 34.1 Å². The Hall–Kier alpha value is -4.88. The molecular formula is C43H44F2O10. The number of carbonyl (C=O) groups is 2. The molecule has 290 valence electrons. The Balaban J connectivity index is 0.951. The van der Waals surface area contributed by atoms with E-state index >= 15 is 8.78 Å². The van der Waals surface area contributed by atoms with Gasteiger partial charge in [0, 0.05) is 28.4 Å². The molecule has 0 spiro atoms. The predicted octanol–water partition coefficient (Wildman–Crippen LogP) is 8.27. The lowest BCUT2D eigenvalue weighted by Gasteiger charge is -2.40. The van der Waals surface area contributed by atoms with Gasteiger partial charge in [0.25, 0.3) is 0 Å². The molecule has 0 saturated carbocycles. The van der Waals surface area contributed by atoms with E-state index in [0.717, 1.165) is 47.2 Å². The van der Waals surface area contributed by atoms with Crippen LogP contribution in [0, 0.1) is 22.5 Å². The number of fused-ring (bicyclic) bond motifs is 3. The summed E-state index contributed by atoms with van der Waals surface area (Å²) in [6, 6.07) is 18.3. The van der Waals surface area contributed by atoms with E-state index in [1.54, 1.807) is 24.3 Å². The third-order valence-electron chi connectivity index (χ3n) is 10.9. The molecule has 1 aliphatic carbocycles. The van der Waals surface area contributed by atoms with Gasteiger partial charge in [0.05, 0.1) is 50.8 Å². The van der Waals surface area contributed by atoms with Gasteiger partial charge in [-0.3, -0.25) is 0 Å². The SMILES string of the molecule is CCC1(COCOc2ccc(C(=O)Oc3ccc4c(c3)C(C)(C)c3cc(OC(=O)c5ccc(OCOCC6(CC)COC6)cc5F)ccc3-4)c(F)c2)COC1. The van der Waals surface area contributed by atoms with Crippen LogP contribution in [0.5, 0.6) is 23.0 Å². The lowest BCUT2D eigenvalue weighted by atomic mass is 9.82. The number of carbonyl (C=O) groups excluding carboxylic acids is 2. The third-order valence-corrected chi connectivity index (χ3v) is 10.9. The molecule has 0 amide bonds. The second-order valence-electron chi connectivity index (χ2n) is 15.0. The van der Waals surface area contributed by atoms with Crippen LogP contribution < -0.4 is 18.9 Å². The molecule has 0 radical (unpaired) electrons. The lowest BCUT2D eigenvalue weighted by Crippen LogP contribution is -2.45. The van der Waals surface area contributed by atoms with Crippen molar-refractivity contribution in [1.29, 1.82) is 0 Å². The third kappa shape index (κ3) is 7.95. The highest BCUT2D eigenvalue weighted by molar-refractivity contribution is 5.93. The van der Waals surface area contributed by atoms with Crippen LogP contribution in [0.1, 0.15) is 72.4 Å². The molecule has 2 heterocycles. The minimum absolute atomic E-state index is 0.00307. The van der Waals surface area contributed by atoms with Gasteiger partial charge in [0.2, 0.25) is 0 Å². The first-order valence-electron chi connectivity index (χ1n) is 18.3. The molecule has 2 aliphatic heterocycles. The Morgan fingerprint density at radius 1 is 0.600 bits per heavy atom. The van der Waals surface area contributed by atoms with Crippen LogP contribution in [0.4, 0.5) is 8.78 Å². The Morgan fingerprint density at radius 2 is 1.00 bits per heavy atom. The number of halogens is 2. The van der Waals surface area contributed by atoms with Gasteiger partial charge in [-0.1, -0.05) is 39.8 Å². The maximum absolute atomic E-state index is 15.0. The molecule has 10 nitrogen and oxygen atoms in total. The smallest absolute Gasteiger partial charge is 0.346 e. The number of esters is 2. The minimum Gasteiger partial charge on any atom is -0.467 e. The van der Waals surface area contributed by atoms with E-state index in [4.69, 9.17) is 37.9 Å². The van der Waals surface area contributed by atoms with Crippen LogP contribution in [0.2, 0.25) is 0 Å². The van der Waals surface area contributed by atoms with Crippen molar-refractivity contribution in [1.82, 2.24) is 0 Å². The van der Waals surface area contributed by atoms with E-state index in [1.807, 2.05) is 26.0 Å². The molecule has 12 heteroatoms. The van der Waals surface area contributed by atoms with Gasteiger partial charge in [-0.2, -0.15) is 0 Å². The van der Waals surface area contributed by atoms with Crippen LogP contribution >= 0.6 is 0 Å². The average Bonchev–Trinajstić information content (AvgIpc) is 3.35. The Kier molecular flexibility index (Phi) is 11.0. The Labute approximate surface area is 318 Å². The number of benzene rings is 4. The molecule has 0 unspecified atom stereocenters. The second-order valence-corrected chi connectivity index (χ2v) is 15.0. The first-order valence-corrected chi connectivity index (χ1v) is 18.3. The predicted molar refractivity (Wildman–Crippen MR) is 197 cm³/mol. The van der Waals surface area contributed by atoms with Crippen molar-refractivity contribution in [2.45, 2.75) is 46.0 Å². The molecule has 0 aromatic heterocycles. The topological polar surface area (TPSA) is 108 Å². The lowest BCUT2D eigenvalue weighted by molar-refractivity contribution is -0.162. The fourth-order valence-electron chi connectivity index (χ4n) is 6.95. The molecule has 4 aromatic rings. The zero-order valence-electron chi connectivity index (χ0n) is 31.3. The zero-order chi connectivity index (χ0) is 38.8. The quantitative estimate of drug-likeness (QED) is 0.0480. The summed E-state index contributed by atoms with van der Waals surface area (Å²) in [5, 5.41) is 0. The van der Waals surface area contributed by atoms with Crippen LogP contribution in [-0.2, 0) is 24.4 Å². The van der Waals surface area contributed by atoms with Crippen LogP contribution in [0.3, 0.4) is 0 Å². The van der Waals surface area contributed by atoms with Crippen molar-refractivity contribution < 1.29 is 56.3 Å². The van der Waals surface area contributed by atoms with E-state index in [1.165, 1.54) is 24.3 Å². The fraction of sp³-hybridized carbons (Fsp3) is 0.395. The number of ether oxygens (including phenoxy) is 8. The number of rotatable bonds is 16. The van der Waals surface area contributed by atoms with Crippen molar-refractivity contribution >= 4 is 11.9 Å². The van der Waals surface area contributed by atoms with Crippen molar-refractivity contribution in [2.75, 3.05) is 53.2 Å². The molecule has 0 bridgehead atoms. The van der Waals surface area contributed by atoms with Gasteiger partial charge in [-0.25, -0.2) is 18.4 Å². The van der Waals surface area contributed by atoms with Crippen molar-refractivity contribution in [2.24, 2.45) is 10.8 Å². The molecule has 0 N–H and O–H groups in total. The monoisotopic (exact) mass is 758 g/mol. The van der Waals surface area contributed by atoms with Crippen molar-refractivity contribution in [3.05, 3.63) is 107 Å². The summed E-state index contributed by atoms with van der Waals surface area (Å²) in [5.74, 6) is -2.37. The van der Waals surface area contributed by atoms with Gasteiger partial charge in [0.1, 0.15) is 34.6 Å². The largest absolute Gasteiger partial charge is 0.467 e. The molecular weight excluding hydrogens is 714 g/mol. The second kappa shape index (κ2) is 15.7. The highest BCUT2D eigenvalue weighted by atomic mass is 19.1. The summed E-state index contributed by atoms with van der Waals surface area (Å²) in [5.41, 5.74) is 2.44. The summed E-state index contributed by atoms with van der Waals surface area (Å²) in [7, 11) is 0. The number of hydrogen-bond donors (Lipinski definition) is 0. The average molecular weight is 759 g/mol. The summed E-state index contributed by atoms with van der Waals surface area (Å²) in [6.07, 6.45) is 1.85. The normalized spacial score (nSPS) is 16.9. The van der Waals surface area contributed by atoms with Crippen LogP contribution in [0.15, 0.2) is 72.8 Å². The van der Waals surface area contributed by atoms with E-state index in [0.29, 0.717) is 39.6 Å². The first kappa shape index (κ1) is 38.4. The van der Waals surface area contributed by atoms with Gasteiger partial charge >= 0.3 is 11.9 Å². The van der Waals surface area contributed by atoms with Gasteiger partial charge in [-0.05, 0) is 83.6 Å². The maximum atomic E-state index is 15.0. The molecule has 0 atom stereocenters. The zero-order valence-corrected chi connectivity index (χ0v) is 31.3. The maximum Gasteiger partial charge on any atom is 0.346 e. The van der Waals surface area contributed by atoms with Gasteiger partial charge < -0.3 is 37.9 Å². The van der Waals surface area contributed by atoms with Gasteiger partial charge in [-0.15, -0.1) is 0 Å². The van der Waals surface area contributed by atoms with Crippen LogP contribution in [0.25, 0.3) is 11.1 Å². The minimum atomic E-state index is -0.859. The molecule has 4 aromatic carbocycles. The van der Waals surface area contributed by atoms with Gasteiger partial charge in [0.15, 0.2) is 13.6 Å². The van der Waals surface area contributed by atoms with E-state index < -0.39 is 29.0 Å². The summed E-state index contributed by atoms with van der Waals surface area (Å²) < 4.78 is 74.2. The summed E-state index contributed by atoms with van der Waals surface area (Å²) >= 11 is 0.